The minimum Gasteiger partial charge on any atom is -0.462 e. The average molecular weight is 458 g/mol. The van der Waals surface area contributed by atoms with Gasteiger partial charge in [0.15, 0.2) is 0 Å². The van der Waals surface area contributed by atoms with Crippen LogP contribution in [0.4, 0.5) is 5.00 Å². The number of para-hydroxylation sites is 1. The van der Waals surface area contributed by atoms with Crippen molar-refractivity contribution in [2.75, 3.05) is 11.9 Å². The second-order valence-corrected chi connectivity index (χ2v) is 9.19. The van der Waals surface area contributed by atoms with Crippen molar-refractivity contribution >= 4 is 39.8 Å². The molecule has 4 rings (SSSR count). The van der Waals surface area contributed by atoms with Crippen molar-refractivity contribution in [2.24, 2.45) is 5.92 Å². The molecule has 6 nitrogen and oxygen atoms in total. The Bertz CT molecular complexity index is 1140. The quantitative estimate of drug-likeness (QED) is 0.517. The van der Waals surface area contributed by atoms with Crippen molar-refractivity contribution in [1.29, 1.82) is 0 Å². The number of nitrogens with one attached hydrogen (secondary N) is 1. The van der Waals surface area contributed by atoms with Crippen molar-refractivity contribution < 1.29 is 14.3 Å². The number of aryl methyl sites for hydroxylation is 1. The number of thiophene rings is 1. The molecular formula is C23H24ClN3O3S. The zero-order chi connectivity index (χ0) is 22.1. The van der Waals surface area contributed by atoms with Gasteiger partial charge in [-0.05, 0) is 56.7 Å². The lowest BCUT2D eigenvalue weighted by Gasteiger charge is -2.18. The molecule has 1 aromatic carbocycles. The summed E-state index contributed by atoms with van der Waals surface area (Å²) in [7, 11) is 0. The van der Waals surface area contributed by atoms with Gasteiger partial charge in [0.2, 0.25) is 0 Å². The summed E-state index contributed by atoms with van der Waals surface area (Å²) >= 11 is 8.00. The highest BCUT2D eigenvalue weighted by Crippen LogP contribution is 2.40. The Balaban J connectivity index is 1.70. The number of anilines is 1. The predicted octanol–water partition coefficient (Wildman–Crippen LogP) is 5.45. The lowest BCUT2D eigenvalue weighted by molar-refractivity contribution is 0.0526. The average Bonchev–Trinajstić information content (AvgIpc) is 3.24. The van der Waals surface area contributed by atoms with Gasteiger partial charge in [-0.15, -0.1) is 11.3 Å². The normalized spacial score (nSPS) is 15.4. The van der Waals surface area contributed by atoms with Gasteiger partial charge in [-0.25, -0.2) is 9.48 Å². The number of esters is 1. The van der Waals surface area contributed by atoms with Crippen molar-refractivity contribution in [1.82, 2.24) is 9.78 Å². The molecule has 1 aliphatic carbocycles. The second-order valence-electron chi connectivity index (χ2n) is 7.73. The number of carbonyl (C=O) groups excluding carboxylic acids is 2. The van der Waals surface area contributed by atoms with Crippen LogP contribution in [0.5, 0.6) is 0 Å². The zero-order valence-corrected chi connectivity index (χ0v) is 19.3. The Kier molecular flexibility index (Phi) is 6.16. The van der Waals surface area contributed by atoms with Gasteiger partial charge in [0.25, 0.3) is 5.91 Å². The molecule has 0 bridgehead atoms. The third kappa shape index (κ3) is 4.12. The summed E-state index contributed by atoms with van der Waals surface area (Å²) in [5, 5.41) is 8.12. The second kappa shape index (κ2) is 8.85. The minimum atomic E-state index is -0.396. The van der Waals surface area contributed by atoms with Gasteiger partial charge in [0, 0.05) is 4.88 Å². The van der Waals surface area contributed by atoms with E-state index in [9.17, 15) is 9.59 Å². The molecule has 0 spiro atoms. The third-order valence-corrected chi connectivity index (χ3v) is 6.97. The van der Waals surface area contributed by atoms with Gasteiger partial charge in [-0.1, -0.05) is 36.7 Å². The van der Waals surface area contributed by atoms with Gasteiger partial charge in [0.05, 0.1) is 23.6 Å². The van der Waals surface area contributed by atoms with Crippen molar-refractivity contribution in [3.8, 4) is 5.69 Å². The molecule has 0 unspecified atom stereocenters. The third-order valence-electron chi connectivity index (χ3n) is 5.45. The molecule has 162 valence electrons. The van der Waals surface area contributed by atoms with Gasteiger partial charge in [-0.3, -0.25) is 4.79 Å². The van der Waals surface area contributed by atoms with E-state index in [2.05, 4.69) is 17.3 Å². The predicted molar refractivity (Wildman–Crippen MR) is 123 cm³/mol. The Morgan fingerprint density at radius 2 is 2.03 bits per heavy atom. The standard InChI is InChI=1S/C23H24ClN3O3S/c1-4-30-23(29)19-16-11-10-13(2)12-17(16)31-22(19)25-21(28)18-14(3)26-27(20(18)24)15-8-6-5-7-9-15/h5-9,13H,4,10-12H2,1-3H3,(H,25,28)/t13-/m1/s1. The summed E-state index contributed by atoms with van der Waals surface area (Å²) in [5.74, 6) is -0.236. The smallest absolute Gasteiger partial charge is 0.341 e. The Labute approximate surface area is 190 Å². The van der Waals surface area contributed by atoms with E-state index in [0.717, 1.165) is 35.4 Å². The fourth-order valence-electron chi connectivity index (χ4n) is 3.92. The number of carbonyl (C=O) groups is 2. The molecule has 31 heavy (non-hydrogen) atoms. The van der Waals surface area contributed by atoms with Crippen molar-refractivity contribution in [2.45, 2.75) is 40.0 Å². The maximum atomic E-state index is 13.2. The molecule has 0 saturated carbocycles. The Morgan fingerprint density at radius 3 is 2.74 bits per heavy atom. The monoisotopic (exact) mass is 457 g/mol. The number of amides is 1. The Hall–Kier alpha value is -2.64. The van der Waals surface area contributed by atoms with E-state index < -0.39 is 5.97 Å². The maximum absolute atomic E-state index is 13.2. The fourth-order valence-corrected chi connectivity index (χ4v) is 5.67. The molecule has 3 aromatic rings. The molecular weight excluding hydrogens is 434 g/mol. The number of rotatable bonds is 5. The van der Waals surface area contributed by atoms with E-state index >= 15 is 0 Å². The molecule has 0 fully saturated rings. The van der Waals surface area contributed by atoms with E-state index in [1.807, 2.05) is 30.3 Å². The molecule has 2 aromatic heterocycles. The van der Waals surface area contributed by atoms with Crippen molar-refractivity contribution in [3.63, 3.8) is 0 Å². The van der Waals surface area contributed by atoms with Crippen molar-refractivity contribution in [3.05, 3.63) is 62.7 Å². The number of halogens is 1. The summed E-state index contributed by atoms with van der Waals surface area (Å²) < 4.78 is 6.83. The molecule has 8 heteroatoms. The number of benzene rings is 1. The summed E-state index contributed by atoms with van der Waals surface area (Å²) in [6.07, 6.45) is 2.72. The maximum Gasteiger partial charge on any atom is 0.341 e. The molecule has 1 N–H and O–H groups in total. The van der Waals surface area contributed by atoms with Crippen LogP contribution in [0.25, 0.3) is 5.69 Å². The highest BCUT2D eigenvalue weighted by molar-refractivity contribution is 7.17. The van der Waals surface area contributed by atoms with Crippen LogP contribution < -0.4 is 5.32 Å². The van der Waals surface area contributed by atoms with Gasteiger partial charge in [0.1, 0.15) is 15.7 Å². The molecule has 2 heterocycles. The first kappa shape index (κ1) is 21.6. The summed E-state index contributed by atoms with van der Waals surface area (Å²) in [6.45, 7) is 6.00. The summed E-state index contributed by atoms with van der Waals surface area (Å²) in [6, 6.07) is 9.40. The molecule has 1 atom stereocenters. The number of hydrogen-bond donors (Lipinski definition) is 1. The summed E-state index contributed by atoms with van der Waals surface area (Å²) in [5.41, 5.74) is 3.05. The van der Waals surface area contributed by atoms with E-state index in [0.29, 0.717) is 27.7 Å². The first-order chi connectivity index (χ1) is 14.9. The number of fused-ring (bicyclic) bond motifs is 1. The first-order valence-corrected chi connectivity index (χ1v) is 11.5. The van der Waals surface area contributed by atoms with E-state index in [-0.39, 0.29) is 17.7 Å². The van der Waals surface area contributed by atoms with E-state index in [1.165, 1.54) is 11.3 Å². The highest BCUT2D eigenvalue weighted by Gasteiger charge is 2.30. The topological polar surface area (TPSA) is 73.2 Å². The highest BCUT2D eigenvalue weighted by atomic mass is 35.5. The van der Waals surface area contributed by atoms with Crippen LogP contribution in [-0.4, -0.2) is 28.3 Å². The van der Waals surface area contributed by atoms with Gasteiger partial charge >= 0.3 is 5.97 Å². The van der Waals surface area contributed by atoms with E-state index in [4.69, 9.17) is 16.3 Å². The number of nitrogens with zero attached hydrogens (tertiary/aromatic N) is 2. The lowest BCUT2D eigenvalue weighted by Crippen LogP contribution is -2.17. The molecule has 0 aliphatic heterocycles. The first-order valence-electron chi connectivity index (χ1n) is 10.3. The molecule has 1 amide bonds. The molecule has 1 aliphatic rings. The Morgan fingerprint density at radius 1 is 1.29 bits per heavy atom. The van der Waals surface area contributed by atoms with Crippen LogP contribution in [-0.2, 0) is 17.6 Å². The van der Waals surface area contributed by atoms with Gasteiger partial charge < -0.3 is 10.1 Å². The van der Waals surface area contributed by atoms with Gasteiger partial charge in [-0.2, -0.15) is 5.10 Å². The van der Waals surface area contributed by atoms with Crippen LogP contribution in [0.2, 0.25) is 5.15 Å². The SMILES string of the molecule is CCOC(=O)c1c(NC(=O)c2c(C)nn(-c3ccccc3)c2Cl)sc2c1CC[C@@H](C)C2. The molecule has 0 radical (unpaired) electrons. The minimum absolute atomic E-state index is 0.230. The number of aromatic nitrogens is 2. The fraction of sp³-hybridized carbons (Fsp3) is 0.348. The van der Waals surface area contributed by atoms with Crippen LogP contribution in [0.1, 0.15) is 57.1 Å². The van der Waals surface area contributed by atoms with Crippen LogP contribution in [0.15, 0.2) is 30.3 Å². The number of ether oxygens (including phenoxy) is 1. The number of hydrogen-bond acceptors (Lipinski definition) is 5. The lowest BCUT2D eigenvalue weighted by atomic mass is 9.88. The molecule has 0 saturated heterocycles. The van der Waals surface area contributed by atoms with Crippen LogP contribution >= 0.6 is 22.9 Å². The summed E-state index contributed by atoms with van der Waals surface area (Å²) in [4.78, 5) is 27.1. The van der Waals surface area contributed by atoms with Crippen LogP contribution in [0.3, 0.4) is 0 Å². The van der Waals surface area contributed by atoms with Crippen LogP contribution in [0, 0.1) is 12.8 Å². The largest absolute Gasteiger partial charge is 0.462 e. The zero-order valence-electron chi connectivity index (χ0n) is 17.7. The van der Waals surface area contributed by atoms with E-state index in [1.54, 1.807) is 18.5 Å².